The normalized spacial score (nSPS) is 13.3. The molecule has 0 unspecified atom stereocenters. The summed E-state index contributed by atoms with van der Waals surface area (Å²) in [5.74, 6) is 2.29. The number of phenols is 1. The molecule has 1 aromatic heterocycles. The third-order valence-corrected chi connectivity index (χ3v) is 4.68. The highest BCUT2D eigenvalue weighted by Crippen LogP contribution is 2.38. The molecule has 20 heavy (non-hydrogen) atoms. The average molecular weight is 355 g/mol. The molecule has 0 bridgehead atoms. The molecule has 2 heterocycles. The second-order valence-electron chi connectivity index (χ2n) is 4.34. The van der Waals surface area contributed by atoms with E-state index in [9.17, 15) is 9.90 Å². The number of H-pyrrole nitrogens is 1. The average Bonchev–Trinajstić information content (AvgIpc) is 2.90. The minimum absolute atomic E-state index is 0.0234. The number of aromatic hydroxyl groups is 1. The molecule has 3 rings (SSSR count). The number of thioether (sulfide) groups is 1. The third kappa shape index (κ3) is 2.20. The number of hydrogen-bond acceptors (Lipinski definition) is 5. The number of nitrogens with zero attached hydrogens (tertiary/aromatic N) is 1. The summed E-state index contributed by atoms with van der Waals surface area (Å²) >= 11 is 4.94. The van der Waals surface area contributed by atoms with Gasteiger partial charge in [0.15, 0.2) is 11.5 Å². The number of rotatable bonds is 2. The monoisotopic (exact) mass is 354 g/mol. The summed E-state index contributed by atoms with van der Waals surface area (Å²) in [4.78, 5) is 19.3. The van der Waals surface area contributed by atoms with Crippen molar-refractivity contribution in [1.82, 2.24) is 9.97 Å². The Morgan fingerprint density at radius 3 is 3.00 bits per heavy atom. The molecule has 104 valence electrons. The lowest BCUT2D eigenvalue weighted by Gasteiger charge is -2.09. The van der Waals surface area contributed by atoms with Gasteiger partial charge in [0, 0.05) is 22.6 Å². The van der Waals surface area contributed by atoms with Crippen LogP contribution in [0.3, 0.4) is 0 Å². The predicted molar refractivity (Wildman–Crippen MR) is 81.2 cm³/mol. The largest absolute Gasteiger partial charge is 0.503 e. The Hall–Kier alpha value is -1.47. The van der Waals surface area contributed by atoms with Gasteiger partial charge in [0.05, 0.1) is 17.3 Å². The topological polar surface area (TPSA) is 75.2 Å². The van der Waals surface area contributed by atoms with Gasteiger partial charge in [-0.05, 0) is 28.1 Å². The molecule has 0 fully saturated rings. The van der Waals surface area contributed by atoms with Gasteiger partial charge in [0.1, 0.15) is 5.82 Å². The van der Waals surface area contributed by atoms with Crippen LogP contribution in [0.25, 0.3) is 11.4 Å². The molecule has 1 aromatic carbocycles. The summed E-state index contributed by atoms with van der Waals surface area (Å²) in [5.41, 5.74) is 2.17. The lowest BCUT2D eigenvalue weighted by molar-refractivity contribution is 0.372. The van der Waals surface area contributed by atoms with Gasteiger partial charge in [0.2, 0.25) is 0 Å². The SMILES string of the molecule is COc1cc(-c2nc3c(c(=O)[nH]2)CSC3)cc(Br)c1O. The predicted octanol–water partition coefficient (Wildman–Crippen LogP) is 2.66. The van der Waals surface area contributed by atoms with Crippen molar-refractivity contribution in [3.05, 3.63) is 38.2 Å². The summed E-state index contributed by atoms with van der Waals surface area (Å²) in [6.07, 6.45) is 0. The molecule has 0 spiro atoms. The second kappa shape index (κ2) is 5.14. The number of benzene rings is 1. The highest BCUT2D eigenvalue weighted by atomic mass is 79.9. The van der Waals surface area contributed by atoms with Crippen LogP contribution < -0.4 is 10.3 Å². The van der Waals surface area contributed by atoms with Crippen LogP contribution in [-0.2, 0) is 11.5 Å². The Bertz CT molecular complexity index is 745. The van der Waals surface area contributed by atoms with Crippen molar-refractivity contribution in [3.8, 4) is 22.9 Å². The molecule has 7 heteroatoms. The van der Waals surface area contributed by atoms with Crippen molar-refractivity contribution in [2.24, 2.45) is 0 Å². The maximum atomic E-state index is 12.0. The zero-order valence-electron chi connectivity index (χ0n) is 10.6. The fraction of sp³-hybridized carbons (Fsp3) is 0.231. The number of ether oxygens (including phenoxy) is 1. The Labute approximate surface area is 127 Å². The van der Waals surface area contributed by atoms with Crippen molar-refractivity contribution >= 4 is 27.7 Å². The van der Waals surface area contributed by atoms with Crippen LogP contribution in [0.4, 0.5) is 0 Å². The molecule has 0 saturated carbocycles. The van der Waals surface area contributed by atoms with Crippen LogP contribution in [0.15, 0.2) is 21.4 Å². The van der Waals surface area contributed by atoms with Crippen molar-refractivity contribution in [2.45, 2.75) is 11.5 Å². The van der Waals surface area contributed by atoms with Crippen molar-refractivity contribution in [3.63, 3.8) is 0 Å². The second-order valence-corrected chi connectivity index (χ2v) is 6.18. The first kappa shape index (κ1) is 13.5. The molecule has 0 atom stereocenters. The Kier molecular flexibility index (Phi) is 3.47. The Balaban J connectivity index is 2.17. The van der Waals surface area contributed by atoms with Gasteiger partial charge in [-0.1, -0.05) is 0 Å². The van der Waals surface area contributed by atoms with E-state index in [0.717, 1.165) is 17.0 Å². The molecular weight excluding hydrogens is 344 g/mol. The van der Waals surface area contributed by atoms with E-state index in [0.29, 0.717) is 27.4 Å². The van der Waals surface area contributed by atoms with E-state index in [1.807, 2.05) is 0 Å². The summed E-state index contributed by atoms with van der Waals surface area (Å²) in [5, 5.41) is 9.81. The molecule has 0 aliphatic carbocycles. The quantitative estimate of drug-likeness (QED) is 0.866. The summed E-state index contributed by atoms with van der Waals surface area (Å²) in [6, 6.07) is 3.34. The van der Waals surface area contributed by atoms with Gasteiger partial charge < -0.3 is 14.8 Å². The summed E-state index contributed by atoms with van der Waals surface area (Å²) in [7, 11) is 1.47. The number of aromatic amines is 1. The first-order chi connectivity index (χ1) is 9.60. The van der Waals surface area contributed by atoms with Crippen molar-refractivity contribution in [2.75, 3.05) is 7.11 Å². The number of fused-ring (bicyclic) bond motifs is 1. The smallest absolute Gasteiger partial charge is 0.255 e. The van der Waals surface area contributed by atoms with E-state index in [-0.39, 0.29) is 11.3 Å². The summed E-state index contributed by atoms with van der Waals surface area (Å²) < 4.78 is 5.60. The van der Waals surface area contributed by atoms with Crippen LogP contribution in [0.1, 0.15) is 11.3 Å². The summed E-state index contributed by atoms with van der Waals surface area (Å²) in [6.45, 7) is 0. The first-order valence-corrected chi connectivity index (χ1v) is 7.81. The van der Waals surface area contributed by atoms with Gasteiger partial charge in [-0.2, -0.15) is 11.8 Å². The van der Waals surface area contributed by atoms with E-state index in [2.05, 4.69) is 25.9 Å². The van der Waals surface area contributed by atoms with E-state index in [4.69, 9.17) is 4.74 Å². The van der Waals surface area contributed by atoms with E-state index >= 15 is 0 Å². The zero-order valence-corrected chi connectivity index (χ0v) is 13.0. The lowest BCUT2D eigenvalue weighted by atomic mass is 10.1. The van der Waals surface area contributed by atoms with Crippen LogP contribution >= 0.6 is 27.7 Å². The molecule has 0 saturated heterocycles. The third-order valence-electron chi connectivity index (χ3n) is 3.11. The maximum absolute atomic E-state index is 12.0. The fourth-order valence-electron chi connectivity index (χ4n) is 2.07. The van der Waals surface area contributed by atoms with Crippen LogP contribution in [0.2, 0.25) is 0 Å². The number of hydrogen-bond donors (Lipinski definition) is 2. The molecule has 5 nitrogen and oxygen atoms in total. The minimum Gasteiger partial charge on any atom is -0.503 e. The molecule has 1 aliphatic heterocycles. The number of phenolic OH excluding ortho intramolecular Hbond substituents is 1. The van der Waals surface area contributed by atoms with Gasteiger partial charge in [0.25, 0.3) is 5.56 Å². The first-order valence-electron chi connectivity index (χ1n) is 5.87. The molecule has 2 aromatic rings. The standard InChI is InChI=1S/C13H11BrN2O3S/c1-19-10-3-6(2-8(14)11(10)17)12-15-9-5-20-4-7(9)13(18)16-12/h2-3,17H,4-5H2,1H3,(H,15,16,18). The van der Waals surface area contributed by atoms with Crippen LogP contribution in [-0.4, -0.2) is 22.2 Å². The van der Waals surface area contributed by atoms with E-state index < -0.39 is 0 Å². The van der Waals surface area contributed by atoms with Gasteiger partial charge in [-0.15, -0.1) is 0 Å². The van der Waals surface area contributed by atoms with E-state index in [1.165, 1.54) is 7.11 Å². The van der Waals surface area contributed by atoms with Crippen LogP contribution in [0, 0.1) is 0 Å². The Morgan fingerprint density at radius 1 is 1.45 bits per heavy atom. The Morgan fingerprint density at radius 2 is 2.25 bits per heavy atom. The molecule has 1 aliphatic rings. The van der Waals surface area contributed by atoms with Gasteiger partial charge >= 0.3 is 0 Å². The van der Waals surface area contributed by atoms with Crippen LogP contribution in [0.5, 0.6) is 11.5 Å². The van der Waals surface area contributed by atoms with Gasteiger partial charge in [-0.25, -0.2) is 4.98 Å². The molecule has 2 N–H and O–H groups in total. The maximum Gasteiger partial charge on any atom is 0.255 e. The number of aromatic nitrogens is 2. The minimum atomic E-state index is -0.0989. The zero-order chi connectivity index (χ0) is 14.3. The number of nitrogens with one attached hydrogen (secondary N) is 1. The van der Waals surface area contributed by atoms with Gasteiger partial charge in [-0.3, -0.25) is 4.79 Å². The molecule has 0 amide bonds. The fourth-order valence-corrected chi connectivity index (χ4v) is 3.54. The number of halogens is 1. The number of methoxy groups -OCH3 is 1. The molecule has 0 radical (unpaired) electrons. The highest BCUT2D eigenvalue weighted by Gasteiger charge is 2.19. The highest BCUT2D eigenvalue weighted by molar-refractivity contribution is 9.10. The molecular formula is C13H11BrN2O3S. The lowest BCUT2D eigenvalue weighted by Crippen LogP contribution is -2.15. The van der Waals surface area contributed by atoms with E-state index in [1.54, 1.807) is 23.9 Å². The van der Waals surface area contributed by atoms with Crippen molar-refractivity contribution < 1.29 is 9.84 Å². The van der Waals surface area contributed by atoms with Crippen molar-refractivity contribution in [1.29, 1.82) is 0 Å².